The lowest BCUT2D eigenvalue weighted by Gasteiger charge is -2.22. The normalized spacial score (nSPS) is 15.7. The van der Waals surface area contributed by atoms with Gasteiger partial charge in [0, 0.05) is 31.4 Å². The third-order valence-corrected chi connectivity index (χ3v) is 3.93. The van der Waals surface area contributed by atoms with E-state index < -0.39 is 0 Å². The fraction of sp³-hybridized carbons (Fsp3) is 0.500. The summed E-state index contributed by atoms with van der Waals surface area (Å²) in [7, 11) is 0. The molecule has 1 saturated heterocycles. The van der Waals surface area contributed by atoms with Gasteiger partial charge in [-0.1, -0.05) is 11.2 Å². The van der Waals surface area contributed by atoms with Gasteiger partial charge in [-0.25, -0.2) is 4.39 Å². The maximum absolute atomic E-state index is 13.4. The topological polar surface area (TPSA) is 71.6 Å². The molecule has 0 spiro atoms. The van der Waals surface area contributed by atoms with Gasteiger partial charge < -0.3 is 19.3 Å². The van der Waals surface area contributed by atoms with E-state index in [0.717, 1.165) is 12.8 Å². The highest BCUT2D eigenvalue weighted by Crippen LogP contribution is 2.26. The summed E-state index contributed by atoms with van der Waals surface area (Å²) in [6, 6.07) is 6.24. The predicted octanol–water partition coefficient (Wildman–Crippen LogP) is 2.10. The minimum Gasteiger partial charge on any atom is -0.395 e. The lowest BCUT2D eigenvalue weighted by atomic mass is 10.0. The molecular formula is C16H20FN3O3. The van der Waals surface area contributed by atoms with Crippen LogP contribution in [0.25, 0.3) is 0 Å². The minimum absolute atomic E-state index is 0.0405. The van der Waals surface area contributed by atoms with Gasteiger partial charge in [0.05, 0.1) is 13.2 Å². The van der Waals surface area contributed by atoms with Crippen LogP contribution in [0.1, 0.15) is 30.5 Å². The molecule has 2 heterocycles. The first-order chi connectivity index (χ1) is 11.3. The quantitative estimate of drug-likeness (QED) is 0.878. The summed E-state index contributed by atoms with van der Waals surface area (Å²) in [6.07, 6.45) is 1.76. The summed E-state index contributed by atoms with van der Waals surface area (Å²) >= 11 is 0. The van der Waals surface area contributed by atoms with Crippen LogP contribution in [0.2, 0.25) is 0 Å². The summed E-state index contributed by atoms with van der Waals surface area (Å²) in [6.45, 7) is 2.10. The number of aliphatic hydroxyl groups is 1. The summed E-state index contributed by atoms with van der Waals surface area (Å²) in [5, 5.41) is 13.3. The number of hydrogen-bond donors (Lipinski definition) is 1. The fourth-order valence-electron chi connectivity index (χ4n) is 2.71. The van der Waals surface area contributed by atoms with Gasteiger partial charge in [0.1, 0.15) is 5.82 Å². The molecule has 1 aromatic heterocycles. The monoisotopic (exact) mass is 321 g/mol. The predicted molar refractivity (Wildman–Crippen MR) is 81.6 cm³/mol. The van der Waals surface area contributed by atoms with Gasteiger partial charge in [0.2, 0.25) is 5.89 Å². The molecule has 1 aliphatic heterocycles. The molecule has 0 unspecified atom stereocenters. The van der Waals surface area contributed by atoms with E-state index in [1.165, 1.54) is 12.1 Å². The molecule has 0 radical (unpaired) electrons. The Morgan fingerprint density at radius 2 is 2.13 bits per heavy atom. The highest BCUT2D eigenvalue weighted by Gasteiger charge is 2.22. The zero-order valence-electron chi connectivity index (χ0n) is 12.8. The Hall–Kier alpha value is -1.99. The summed E-state index contributed by atoms with van der Waals surface area (Å²) in [5.74, 6) is 1.09. The van der Waals surface area contributed by atoms with Crippen molar-refractivity contribution in [3.8, 4) is 0 Å². The maximum atomic E-state index is 13.4. The third-order valence-electron chi connectivity index (χ3n) is 3.93. The van der Waals surface area contributed by atoms with Crippen molar-refractivity contribution in [1.82, 2.24) is 10.1 Å². The highest BCUT2D eigenvalue weighted by atomic mass is 19.1. The van der Waals surface area contributed by atoms with E-state index in [0.29, 0.717) is 43.7 Å². The van der Waals surface area contributed by atoms with Crippen LogP contribution in [0, 0.1) is 5.82 Å². The number of nitrogens with zero attached hydrogens (tertiary/aromatic N) is 3. The molecule has 0 bridgehead atoms. The Labute approximate surface area is 133 Å². The van der Waals surface area contributed by atoms with Gasteiger partial charge >= 0.3 is 0 Å². The summed E-state index contributed by atoms with van der Waals surface area (Å²) in [4.78, 5) is 6.27. The number of aliphatic hydroxyl groups excluding tert-OH is 1. The van der Waals surface area contributed by atoms with Crippen molar-refractivity contribution in [3.63, 3.8) is 0 Å². The van der Waals surface area contributed by atoms with Crippen LogP contribution < -0.4 is 4.90 Å². The zero-order chi connectivity index (χ0) is 16.1. The molecule has 1 aromatic carbocycles. The van der Waals surface area contributed by atoms with Crippen LogP contribution in [0.4, 0.5) is 10.1 Å². The number of rotatable bonds is 6. The first-order valence-electron chi connectivity index (χ1n) is 7.78. The summed E-state index contributed by atoms with van der Waals surface area (Å²) < 4.78 is 24.1. The fourth-order valence-corrected chi connectivity index (χ4v) is 2.71. The second-order valence-corrected chi connectivity index (χ2v) is 5.56. The first-order valence-corrected chi connectivity index (χ1v) is 7.78. The lowest BCUT2D eigenvalue weighted by Crippen LogP contribution is -2.26. The van der Waals surface area contributed by atoms with Crippen LogP contribution in [0.5, 0.6) is 0 Å². The van der Waals surface area contributed by atoms with Crippen molar-refractivity contribution in [2.24, 2.45) is 0 Å². The Morgan fingerprint density at radius 3 is 2.87 bits per heavy atom. The largest absolute Gasteiger partial charge is 0.395 e. The molecule has 0 amide bonds. The van der Waals surface area contributed by atoms with E-state index in [1.807, 2.05) is 4.90 Å². The molecule has 2 aromatic rings. The van der Waals surface area contributed by atoms with Gasteiger partial charge in [-0.2, -0.15) is 4.98 Å². The van der Waals surface area contributed by atoms with Gasteiger partial charge in [-0.05, 0) is 31.0 Å². The van der Waals surface area contributed by atoms with Gasteiger partial charge in [-0.3, -0.25) is 0 Å². The van der Waals surface area contributed by atoms with E-state index in [9.17, 15) is 9.50 Å². The first kappa shape index (κ1) is 15.9. The van der Waals surface area contributed by atoms with Gasteiger partial charge in [0.25, 0.3) is 0 Å². The zero-order valence-corrected chi connectivity index (χ0v) is 12.8. The number of benzene rings is 1. The van der Waals surface area contributed by atoms with Crippen molar-refractivity contribution >= 4 is 5.69 Å². The van der Waals surface area contributed by atoms with Crippen molar-refractivity contribution in [3.05, 3.63) is 41.8 Å². The molecule has 124 valence electrons. The molecule has 0 saturated carbocycles. The second kappa shape index (κ2) is 7.52. The van der Waals surface area contributed by atoms with E-state index >= 15 is 0 Å². The molecule has 1 N–H and O–H groups in total. The Morgan fingerprint density at radius 1 is 1.30 bits per heavy atom. The number of aromatic nitrogens is 2. The third kappa shape index (κ3) is 4.05. The van der Waals surface area contributed by atoms with Crippen molar-refractivity contribution in [2.75, 3.05) is 31.3 Å². The number of halogens is 1. The van der Waals surface area contributed by atoms with E-state index in [-0.39, 0.29) is 18.3 Å². The minimum atomic E-state index is -0.318. The number of ether oxygens (including phenoxy) is 1. The van der Waals surface area contributed by atoms with Gasteiger partial charge in [-0.15, -0.1) is 0 Å². The Bertz CT molecular complexity index is 629. The molecule has 3 rings (SSSR count). The van der Waals surface area contributed by atoms with E-state index in [2.05, 4.69) is 10.1 Å². The van der Waals surface area contributed by atoms with Crippen LogP contribution in [0.15, 0.2) is 28.8 Å². The molecule has 6 nitrogen and oxygen atoms in total. The van der Waals surface area contributed by atoms with Crippen molar-refractivity contribution in [1.29, 1.82) is 0 Å². The van der Waals surface area contributed by atoms with E-state index in [1.54, 1.807) is 12.1 Å². The average Bonchev–Trinajstić information content (AvgIpc) is 3.04. The average molecular weight is 321 g/mol. The lowest BCUT2D eigenvalue weighted by molar-refractivity contribution is 0.0778. The van der Waals surface area contributed by atoms with Crippen LogP contribution in [-0.2, 0) is 11.3 Å². The highest BCUT2D eigenvalue weighted by molar-refractivity contribution is 5.46. The standard InChI is InChI=1S/C16H20FN3O3/c17-13-2-1-3-14(10-13)20(6-7-21)11-15-18-16(23-19-15)12-4-8-22-9-5-12/h1-3,10,12,21H,4-9,11H2. The van der Waals surface area contributed by atoms with Crippen molar-refractivity contribution in [2.45, 2.75) is 25.3 Å². The molecule has 7 heteroatoms. The second-order valence-electron chi connectivity index (χ2n) is 5.56. The molecule has 1 aliphatic rings. The molecular weight excluding hydrogens is 301 g/mol. The maximum Gasteiger partial charge on any atom is 0.229 e. The number of hydrogen-bond acceptors (Lipinski definition) is 6. The van der Waals surface area contributed by atoms with Crippen molar-refractivity contribution < 1.29 is 18.8 Å². The molecule has 1 fully saturated rings. The molecule has 23 heavy (non-hydrogen) atoms. The smallest absolute Gasteiger partial charge is 0.229 e. The van der Waals surface area contributed by atoms with Gasteiger partial charge in [0.15, 0.2) is 5.82 Å². The molecule has 0 atom stereocenters. The summed E-state index contributed by atoms with van der Waals surface area (Å²) in [5.41, 5.74) is 0.677. The Kier molecular flexibility index (Phi) is 5.19. The van der Waals surface area contributed by atoms with E-state index in [4.69, 9.17) is 9.26 Å². The van der Waals surface area contributed by atoms with Crippen LogP contribution >= 0.6 is 0 Å². The Balaban J connectivity index is 1.71. The number of anilines is 1. The molecule has 0 aliphatic carbocycles. The SMILES string of the molecule is OCCN(Cc1noc(C2CCOCC2)n1)c1cccc(F)c1. The van der Waals surface area contributed by atoms with Crippen LogP contribution in [0.3, 0.4) is 0 Å². The van der Waals surface area contributed by atoms with Crippen LogP contribution in [-0.4, -0.2) is 41.6 Å².